The molecule has 1 N–H and O–H groups in total. The van der Waals surface area contributed by atoms with Crippen LogP contribution in [-0.4, -0.2) is 63.5 Å². The Morgan fingerprint density at radius 2 is 1.78 bits per heavy atom. The Labute approximate surface area is 189 Å². The summed E-state index contributed by atoms with van der Waals surface area (Å²) in [6.45, 7) is 6.75. The van der Waals surface area contributed by atoms with Gasteiger partial charge in [0.1, 0.15) is 0 Å². The number of rotatable bonds is 8. The Hall–Kier alpha value is -2.49. The van der Waals surface area contributed by atoms with E-state index in [0.29, 0.717) is 44.7 Å². The number of benzene rings is 2. The van der Waals surface area contributed by atoms with Gasteiger partial charge in [0.05, 0.1) is 12.0 Å². The van der Waals surface area contributed by atoms with Crippen LogP contribution in [0.1, 0.15) is 36.2 Å². The average Bonchev–Trinajstić information content (AvgIpc) is 2.79. The van der Waals surface area contributed by atoms with Crippen LogP contribution in [-0.2, 0) is 16.6 Å². The number of nitrogens with zero attached hydrogens (tertiary/aromatic N) is 2. The van der Waals surface area contributed by atoms with Crippen molar-refractivity contribution in [2.24, 2.45) is 0 Å². The van der Waals surface area contributed by atoms with E-state index in [1.54, 1.807) is 30.0 Å². The first-order chi connectivity index (χ1) is 15.2. The molecule has 1 unspecified atom stereocenters. The van der Waals surface area contributed by atoms with Gasteiger partial charge in [0, 0.05) is 44.3 Å². The minimum Gasteiger partial charge on any atom is -0.494 e. The minimum absolute atomic E-state index is 0.126. The number of ether oxygens (including phenoxy) is 1. The predicted molar refractivity (Wildman–Crippen MR) is 121 cm³/mol. The molecule has 0 radical (unpaired) electrons. The van der Waals surface area contributed by atoms with Crippen molar-refractivity contribution in [1.29, 1.82) is 0 Å². The van der Waals surface area contributed by atoms with Gasteiger partial charge in [-0.25, -0.2) is 17.5 Å². The maximum atomic E-state index is 13.9. The van der Waals surface area contributed by atoms with Crippen molar-refractivity contribution in [3.63, 3.8) is 0 Å². The molecule has 1 fully saturated rings. The maximum Gasteiger partial charge on any atom is 0.253 e. The first kappa shape index (κ1) is 24.2. The van der Waals surface area contributed by atoms with Gasteiger partial charge in [-0.3, -0.25) is 9.69 Å². The Kier molecular flexibility index (Phi) is 7.86. The molecule has 1 atom stereocenters. The molecule has 1 aliphatic rings. The van der Waals surface area contributed by atoms with Crippen LogP contribution in [0.3, 0.4) is 0 Å². The molecule has 1 aliphatic heterocycles. The molecule has 9 heteroatoms. The molecule has 0 aromatic heterocycles. The zero-order valence-corrected chi connectivity index (χ0v) is 19.5. The zero-order chi connectivity index (χ0) is 23.3. The van der Waals surface area contributed by atoms with Crippen LogP contribution in [0.2, 0.25) is 0 Å². The van der Waals surface area contributed by atoms with E-state index in [-0.39, 0.29) is 28.4 Å². The summed E-state index contributed by atoms with van der Waals surface area (Å²) in [6, 6.07) is 10.8. The van der Waals surface area contributed by atoms with E-state index in [0.717, 1.165) is 5.56 Å². The molecule has 0 aliphatic carbocycles. The smallest absolute Gasteiger partial charge is 0.253 e. The maximum absolute atomic E-state index is 13.9. The molecule has 1 heterocycles. The molecule has 1 saturated heterocycles. The fourth-order valence-corrected chi connectivity index (χ4v) is 4.88. The van der Waals surface area contributed by atoms with E-state index < -0.39 is 10.0 Å². The summed E-state index contributed by atoms with van der Waals surface area (Å²) >= 11 is 0. The van der Waals surface area contributed by atoms with Crippen molar-refractivity contribution in [2.75, 3.05) is 33.3 Å². The number of sulfonamides is 1. The average molecular weight is 464 g/mol. The summed E-state index contributed by atoms with van der Waals surface area (Å²) in [5, 5.41) is 0. The summed E-state index contributed by atoms with van der Waals surface area (Å²) in [4.78, 5) is 16.9. The Morgan fingerprint density at radius 3 is 2.34 bits per heavy atom. The van der Waals surface area contributed by atoms with Gasteiger partial charge in [0.2, 0.25) is 10.0 Å². The zero-order valence-electron chi connectivity index (χ0n) is 18.7. The molecular formula is C23H30FN3O4S. The van der Waals surface area contributed by atoms with Gasteiger partial charge in [-0.1, -0.05) is 13.0 Å². The number of carbonyl (C=O) groups excluding carboxylic acids is 1. The van der Waals surface area contributed by atoms with Gasteiger partial charge < -0.3 is 9.64 Å². The number of nitrogens with one attached hydrogen (secondary N) is 1. The van der Waals surface area contributed by atoms with Crippen LogP contribution in [0.5, 0.6) is 5.75 Å². The molecule has 2 aromatic rings. The third kappa shape index (κ3) is 5.85. The molecule has 0 bridgehead atoms. The second kappa shape index (κ2) is 10.4. The second-order valence-corrected chi connectivity index (χ2v) is 9.71. The van der Waals surface area contributed by atoms with Crippen LogP contribution >= 0.6 is 0 Å². The van der Waals surface area contributed by atoms with Crippen LogP contribution in [0.4, 0.5) is 4.39 Å². The van der Waals surface area contributed by atoms with E-state index in [4.69, 9.17) is 4.74 Å². The van der Waals surface area contributed by atoms with Gasteiger partial charge in [0.15, 0.2) is 11.6 Å². The highest BCUT2D eigenvalue weighted by molar-refractivity contribution is 7.89. The lowest BCUT2D eigenvalue weighted by Crippen LogP contribution is -2.48. The molecule has 7 nitrogen and oxygen atoms in total. The number of amides is 1. The SMILES string of the molecule is CCC(C)NS(=O)(=O)c1ccc(C(=O)N2CCN(Cc3ccc(OC)c(F)c3)CC2)cc1. The normalized spacial score (nSPS) is 16.1. The van der Waals surface area contributed by atoms with Crippen molar-refractivity contribution in [2.45, 2.75) is 37.8 Å². The van der Waals surface area contributed by atoms with Crippen molar-refractivity contribution >= 4 is 15.9 Å². The Morgan fingerprint density at radius 1 is 1.12 bits per heavy atom. The summed E-state index contributed by atoms with van der Waals surface area (Å²) in [6.07, 6.45) is 0.690. The van der Waals surface area contributed by atoms with E-state index in [2.05, 4.69) is 9.62 Å². The largest absolute Gasteiger partial charge is 0.494 e. The van der Waals surface area contributed by atoms with Gasteiger partial charge in [0.25, 0.3) is 5.91 Å². The van der Waals surface area contributed by atoms with Crippen molar-refractivity contribution in [3.8, 4) is 5.75 Å². The molecule has 174 valence electrons. The minimum atomic E-state index is -3.60. The third-order valence-corrected chi connectivity index (χ3v) is 7.27. The highest BCUT2D eigenvalue weighted by Gasteiger charge is 2.23. The first-order valence-electron chi connectivity index (χ1n) is 10.7. The molecular weight excluding hydrogens is 433 g/mol. The van der Waals surface area contributed by atoms with Crippen molar-refractivity contribution in [3.05, 3.63) is 59.4 Å². The van der Waals surface area contributed by atoms with Gasteiger partial charge >= 0.3 is 0 Å². The number of piperazine rings is 1. The monoisotopic (exact) mass is 463 g/mol. The lowest BCUT2D eigenvalue weighted by atomic mass is 10.1. The predicted octanol–water partition coefficient (Wildman–Crippen LogP) is 2.87. The third-order valence-electron chi connectivity index (χ3n) is 5.66. The highest BCUT2D eigenvalue weighted by atomic mass is 32.2. The molecule has 3 rings (SSSR count). The van der Waals surface area contributed by atoms with E-state index in [1.807, 2.05) is 13.0 Å². The summed E-state index contributed by atoms with van der Waals surface area (Å²) in [5.41, 5.74) is 1.31. The second-order valence-electron chi connectivity index (χ2n) is 7.99. The Balaban J connectivity index is 1.56. The number of carbonyl (C=O) groups is 1. The van der Waals surface area contributed by atoms with Crippen molar-refractivity contribution in [1.82, 2.24) is 14.5 Å². The molecule has 2 aromatic carbocycles. The lowest BCUT2D eigenvalue weighted by molar-refractivity contribution is 0.0628. The van der Waals surface area contributed by atoms with E-state index in [1.165, 1.54) is 25.3 Å². The fourth-order valence-electron chi connectivity index (χ4n) is 3.55. The highest BCUT2D eigenvalue weighted by Crippen LogP contribution is 2.20. The number of halogens is 1. The van der Waals surface area contributed by atoms with E-state index in [9.17, 15) is 17.6 Å². The fraction of sp³-hybridized carbons (Fsp3) is 0.435. The van der Waals surface area contributed by atoms with Crippen LogP contribution in [0, 0.1) is 5.82 Å². The summed E-state index contributed by atoms with van der Waals surface area (Å²) in [5.74, 6) is -0.291. The summed E-state index contributed by atoms with van der Waals surface area (Å²) < 4.78 is 46.2. The molecule has 1 amide bonds. The van der Waals surface area contributed by atoms with Crippen LogP contribution in [0.15, 0.2) is 47.4 Å². The number of hydrogen-bond acceptors (Lipinski definition) is 5. The van der Waals surface area contributed by atoms with E-state index >= 15 is 0 Å². The van der Waals surface area contributed by atoms with Gasteiger partial charge in [-0.2, -0.15) is 0 Å². The topological polar surface area (TPSA) is 79.0 Å². The molecule has 32 heavy (non-hydrogen) atoms. The molecule has 0 saturated carbocycles. The quantitative estimate of drug-likeness (QED) is 0.651. The summed E-state index contributed by atoms with van der Waals surface area (Å²) in [7, 11) is -2.16. The van der Waals surface area contributed by atoms with Crippen LogP contribution in [0.25, 0.3) is 0 Å². The van der Waals surface area contributed by atoms with Crippen LogP contribution < -0.4 is 9.46 Å². The van der Waals surface area contributed by atoms with Crippen molar-refractivity contribution < 1.29 is 22.3 Å². The first-order valence-corrected chi connectivity index (χ1v) is 12.2. The number of hydrogen-bond donors (Lipinski definition) is 1. The number of methoxy groups -OCH3 is 1. The van der Waals surface area contributed by atoms with Gasteiger partial charge in [-0.05, 0) is 55.3 Å². The Bertz CT molecular complexity index is 1040. The lowest BCUT2D eigenvalue weighted by Gasteiger charge is -2.34. The molecule has 0 spiro atoms. The standard InChI is InChI=1S/C23H30FN3O4S/c1-4-17(2)25-32(29,30)20-8-6-19(7-9-20)23(28)27-13-11-26(12-14-27)16-18-5-10-22(31-3)21(24)15-18/h5-10,15,17,25H,4,11-14,16H2,1-3H3. The van der Waals surface area contributed by atoms with Gasteiger partial charge in [-0.15, -0.1) is 0 Å².